The third kappa shape index (κ3) is 5.87. The average Bonchev–Trinajstić information content (AvgIpc) is 2.24. The van der Waals surface area contributed by atoms with E-state index in [4.69, 9.17) is 4.74 Å². The molecule has 3 heteroatoms. The van der Waals surface area contributed by atoms with Gasteiger partial charge in [0.25, 0.3) is 0 Å². The van der Waals surface area contributed by atoms with Crippen molar-refractivity contribution in [1.29, 1.82) is 0 Å². The molecule has 0 bridgehead atoms. The molecular formula is C14H22O2S. The largest absolute Gasteiger partial charge is 0.494 e. The predicted molar refractivity (Wildman–Crippen MR) is 73.0 cm³/mol. The van der Waals surface area contributed by atoms with E-state index < -0.39 is 10.8 Å². The molecule has 0 radical (unpaired) electrons. The highest BCUT2D eigenvalue weighted by Crippen LogP contribution is 2.21. The summed E-state index contributed by atoms with van der Waals surface area (Å²) in [5.41, 5.74) is 0.367. The molecule has 0 fully saturated rings. The Labute approximate surface area is 107 Å². The highest BCUT2D eigenvalue weighted by molar-refractivity contribution is 7.84. The van der Waals surface area contributed by atoms with E-state index >= 15 is 0 Å². The fourth-order valence-corrected chi connectivity index (χ4v) is 2.04. The molecule has 0 saturated carbocycles. The summed E-state index contributed by atoms with van der Waals surface area (Å²) < 4.78 is 16.8. The van der Waals surface area contributed by atoms with Crippen molar-refractivity contribution in [3.05, 3.63) is 24.3 Å². The lowest BCUT2D eigenvalue weighted by Gasteiger charge is -2.17. The lowest BCUT2D eigenvalue weighted by atomic mass is 9.91. The van der Waals surface area contributed by atoms with Gasteiger partial charge in [-0.2, -0.15) is 0 Å². The number of ether oxygens (including phenoxy) is 1. The van der Waals surface area contributed by atoms with Crippen molar-refractivity contribution in [2.24, 2.45) is 5.41 Å². The van der Waals surface area contributed by atoms with Gasteiger partial charge in [-0.25, -0.2) is 0 Å². The van der Waals surface area contributed by atoms with Gasteiger partial charge in [0.1, 0.15) is 5.75 Å². The first kappa shape index (κ1) is 14.2. The quantitative estimate of drug-likeness (QED) is 0.750. The van der Waals surface area contributed by atoms with Crippen molar-refractivity contribution in [3.63, 3.8) is 0 Å². The van der Waals surface area contributed by atoms with Crippen LogP contribution < -0.4 is 4.74 Å². The molecule has 96 valence electrons. The Morgan fingerprint density at radius 2 is 1.76 bits per heavy atom. The van der Waals surface area contributed by atoms with Gasteiger partial charge >= 0.3 is 0 Å². The van der Waals surface area contributed by atoms with Crippen LogP contribution in [0.2, 0.25) is 0 Å². The van der Waals surface area contributed by atoms with Crippen LogP contribution in [0.4, 0.5) is 0 Å². The summed E-state index contributed by atoms with van der Waals surface area (Å²) in [4.78, 5) is 0.840. The lowest BCUT2D eigenvalue weighted by molar-refractivity contribution is 0.269. The van der Waals surface area contributed by atoms with E-state index in [1.807, 2.05) is 24.3 Å². The summed E-state index contributed by atoms with van der Waals surface area (Å²) in [5.74, 6) is 0.855. The smallest absolute Gasteiger partial charge is 0.119 e. The van der Waals surface area contributed by atoms with Gasteiger partial charge in [-0.05, 0) is 42.5 Å². The van der Waals surface area contributed by atoms with Gasteiger partial charge in [0, 0.05) is 22.0 Å². The monoisotopic (exact) mass is 254 g/mol. The Morgan fingerprint density at radius 1 is 1.18 bits per heavy atom. The Bertz CT molecular complexity index is 363. The molecule has 0 aliphatic rings. The van der Waals surface area contributed by atoms with Crippen molar-refractivity contribution in [2.45, 2.75) is 38.5 Å². The van der Waals surface area contributed by atoms with Crippen molar-refractivity contribution < 1.29 is 8.95 Å². The zero-order valence-corrected chi connectivity index (χ0v) is 12.0. The summed E-state index contributed by atoms with van der Waals surface area (Å²) in [7, 11) is -0.912. The molecule has 1 unspecified atom stereocenters. The van der Waals surface area contributed by atoms with Gasteiger partial charge in [0.15, 0.2) is 0 Å². The van der Waals surface area contributed by atoms with Crippen LogP contribution in [0.15, 0.2) is 29.2 Å². The third-order valence-corrected chi connectivity index (χ3v) is 3.43. The summed E-state index contributed by atoms with van der Waals surface area (Å²) in [6.45, 7) is 7.45. The van der Waals surface area contributed by atoms with E-state index in [1.165, 1.54) is 0 Å². The zero-order valence-electron chi connectivity index (χ0n) is 11.2. The van der Waals surface area contributed by atoms with Gasteiger partial charge in [-0.1, -0.05) is 20.8 Å². The van der Waals surface area contributed by atoms with Crippen LogP contribution >= 0.6 is 0 Å². The number of hydrogen-bond donors (Lipinski definition) is 0. The molecule has 1 aromatic rings. The molecule has 1 rings (SSSR count). The van der Waals surface area contributed by atoms with Crippen LogP contribution in [0.1, 0.15) is 33.6 Å². The molecular weight excluding hydrogens is 232 g/mol. The van der Waals surface area contributed by atoms with Gasteiger partial charge in [0.2, 0.25) is 0 Å². The van der Waals surface area contributed by atoms with Crippen LogP contribution in [-0.4, -0.2) is 17.1 Å². The summed E-state index contributed by atoms with van der Waals surface area (Å²) >= 11 is 0. The van der Waals surface area contributed by atoms with Crippen molar-refractivity contribution in [1.82, 2.24) is 0 Å². The number of benzene rings is 1. The van der Waals surface area contributed by atoms with E-state index in [2.05, 4.69) is 20.8 Å². The van der Waals surface area contributed by atoms with E-state index in [-0.39, 0.29) is 0 Å². The van der Waals surface area contributed by atoms with Crippen LogP contribution in [0.5, 0.6) is 5.75 Å². The zero-order chi connectivity index (χ0) is 12.9. The minimum Gasteiger partial charge on any atom is -0.494 e. The lowest BCUT2D eigenvalue weighted by Crippen LogP contribution is -2.07. The Balaban J connectivity index is 2.35. The SMILES string of the molecule is CS(=O)c1ccc(OCCCC(C)(C)C)cc1. The maximum Gasteiger partial charge on any atom is 0.119 e. The standard InChI is InChI=1S/C14H22O2S/c1-14(2,3)10-5-11-16-12-6-8-13(9-7-12)17(4)15/h6-9H,5,10-11H2,1-4H3. The molecule has 0 heterocycles. The predicted octanol–water partition coefficient (Wildman–Crippen LogP) is 3.63. The molecule has 0 aliphatic carbocycles. The van der Waals surface area contributed by atoms with Crippen LogP contribution in [-0.2, 0) is 10.8 Å². The van der Waals surface area contributed by atoms with Crippen molar-refractivity contribution >= 4 is 10.8 Å². The van der Waals surface area contributed by atoms with Crippen LogP contribution in [0.25, 0.3) is 0 Å². The van der Waals surface area contributed by atoms with Gasteiger partial charge < -0.3 is 4.74 Å². The summed E-state index contributed by atoms with van der Waals surface area (Å²) in [6.07, 6.45) is 3.90. The molecule has 0 spiro atoms. The summed E-state index contributed by atoms with van der Waals surface area (Å²) in [6, 6.07) is 7.48. The van der Waals surface area contributed by atoms with Crippen molar-refractivity contribution in [3.8, 4) is 5.75 Å². The van der Waals surface area contributed by atoms with Gasteiger partial charge in [-0.15, -0.1) is 0 Å². The number of hydrogen-bond acceptors (Lipinski definition) is 2. The van der Waals surface area contributed by atoms with Crippen LogP contribution in [0.3, 0.4) is 0 Å². The normalized spacial score (nSPS) is 13.4. The number of rotatable bonds is 5. The highest BCUT2D eigenvalue weighted by Gasteiger charge is 2.09. The molecule has 1 atom stereocenters. The molecule has 2 nitrogen and oxygen atoms in total. The fraction of sp³-hybridized carbons (Fsp3) is 0.571. The van der Waals surface area contributed by atoms with Gasteiger partial charge in [-0.3, -0.25) is 4.21 Å². The molecule has 0 aliphatic heterocycles. The Hall–Kier alpha value is -0.830. The van der Waals surface area contributed by atoms with E-state index in [9.17, 15) is 4.21 Å². The molecule has 0 N–H and O–H groups in total. The summed E-state index contributed by atoms with van der Waals surface area (Å²) in [5, 5.41) is 0. The first-order valence-electron chi connectivity index (χ1n) is 5.95. The van der Waals surface area contributed by atoms with Crippen LogP contribution in [0, 0.1) is 5.41 Å². The first-order chi connectivity index (χ1) is 7.88. The Kier molecular flexibility index (Phi) is 5.19. The first-order valence-corrected chi connectivity index (χ1v) is 7.50. The maximum atomic E-state index is 11.2. The average molecular weight is 254 g/mol. The van der Waals surface area contributed by atoms with Crippen molar-refractivity contribution in [2.75, 3.05) is 12.9 Å². The second-order valence-electron chi connectivity index (χ2n) is 5.44. The minimum absolute atomic E-state index is 0.367. The molecule has 1 aromatic carbocycles. The van der Waals surface area contributed by atoms with E-state index in [0.29, 0.717) is 5.41 Å². The second-order valence-corrected chi connectivity index (χ2v) is 6.82. The molecule has 0 aromatic heterocycles. The second kappa shape index (κ2) is 6.20. The molecule has 17 heavy (non-hydrogen) atoms. The van der Waals surface area contributed by atoms with E-state index in [0.717, 1.165) is 30.1 Å². The highest BCUT2D eigenvalue weighted by atomic mass is 32.2. The topological polar surface area (TPSA) is 26.3 Å². The molecule has 0 amide bonds. The van der Waals surface area contributed by atoms with E-state index in [1.54, 1.807) is 6.26 Å². The molecule has 0 saturated heterocycles. The fourth-order valence-electron chi connectivity index (χ4n) is 1.52. The Morgan fingerprint density at radius 3 is 2.24 bits per heavy atom. The maximum absolute atomic E-state index is 11.2. The third-order valence-electron chi connectivity index (χ3n) is 2.50. The minimum atomic E-state index is -0.912. The van der Waals surface area contributed by atoms with Gasteiger partial charge in [0.05, 0.1) is 6.61 Å².